The minimum absolute atomic E-state index is 0.0224. The predicted molar refractivity (Wildman–Crippen MR) is 143 cm³/mol. The molecule has 2 atom stereocenters. The van der Waals surface area contributed by atoms with Gasteiger partial charge in [-0.1, -0.05) is 17.2 Å². The lowest BCUT2D eigenvalue weighted by atomic mass is 9.86. The van der Waals surface area contributed by atoms with E-state index in [1.165, 1.54) is 11.5 Å². The Kier molecular flexibility index (Phi) is 7.96. The van der Waals surface area contributed by atoms with Crippen molar-refractivity contribution in [3.63, 3.8) is 0 Å². The second-order valence-electron chi connectivity index (χ2n) is 11.5. The molecule has 0 bridgehead atoms. The molecule has 2 amide bonds. The number of nitrogens with two attached hydrogens (primary N) is 1. The van der Waals surface area contributed by atoms with E-state index in [0.717, 1.165) is 30.2 Å². The number of carbonyl (C=O) groups is 2. The number of likely N-dealkylation sites (tertiary alicyclic amines) is 1. The van der Waals surface area contributed by atoms with Crippen molar-refractivity contribution in [2.45, 2.75) is 76.9 Å². The van der Waals surface area contributed by atoms with Crippen LogP contribution < -0.4 is 5.43 Å². The van der Waals surface area contributed by atoms with E-state index in [-0.39, 0.29) is 36.0 Å². The highest BCUT2D eigenvalue weighted by Crippen LogP contribution is 2.39. The molecule has 0 saturated carbocycles. The normalized spacial score (nSPS) is 22.4. The predicted octanol–water partition coefficient (Wildman–Crippen LogP) is 3.13. The molecule has 11 heteroatoms. The summed E-state index contributed by atoms with van der Waals surface area (Å²) in [6.07, 6.45) is 4.71. The summed E-state index contributed by atoms with van der Waals surface area (Å²) < 4.78 is 36.6. The Morgan fingerprint density at radius 3 is 2.60 bits per heavy atom. The van der Waals surface area contributed by atoms with E-state index in [9.17, 15) is 18.4 Å². The summed E-state index contributed by atoms with van der Waals surface area (Å²) in [5, 5.41) is 13.0. The van der Waals surface area contributed by atoms with Crippen LogP contribution in [0.5, 0.6) is 0 Å². The van der Waals surface area contributed by atoms with Gasteiger partial charge in [-0.15, -0.1) is 10.2 Å². The zero-order valence-electron chi connectivity index (χ0n) is 23.5. The van der Waals surface area contributed by atoms with Gasteiger partial charge in [0.05, 0.1) is 11.3 Å². The first kappa shape index (κ1) is 28.2. The fourth-order valence-electron chi connectivity index (χ4n) is 6.13. The van der Waals surface area contributed by atoms with E-state index in [0.29, 0.717) is 49.7 Å². The third-order valence-electron chi connectivity index (χ3n) is 8.62. The van der Waals surface area contributed by atoms with E-state index in [1.807, 2.05) is 36.3 Å². The number of halogens is 2. The van der Waals surface area contributed by atoms with E-state index in [2.05, 4.69) is 15.3 Å². The summed E-state index contributed by atoms with van der Waals surface area (Å²) in [5.41, 5.74) is 2.53. The molecule has 3 aliphatic rings. The number of rotatable bonds is 6. The van der Waals surface area contributed by atoms with Crippen molar-refractivity contribution in [2.75, 3.05) is 20.2 Å². The third kappa shape index (κ3) is 5.49. The van der Waals surface area contributed by atoms with Gasteiger partial charge in [-0.05, 0) is 70.1 Å². The van der Waals surface area contributed by atoms with Crippen molar-refractivity contribution in [3.8, 4) is 0 Å². The van der Waals surface area contributed by atoms with Gasteiger partial charge in [-0.25, -0.2) is 13.6 Å². The number of fused-ring (bicyclic) bond motifs is 1. The van der Waals surface area contributed by atoms with E-state index < -0.39 is 17.2 Å². The maximum absolute atomic E-state index is 14.8. The highest BCUT2D eigenvalue weighted by molar-refractivity contribution is 6.02. The van der Waals surface area contributed by atoms with Crippen molar-refractivity contribution in [1.82, 2.24) is 19.7 Å². The zero-order valence-corrected chi connectivity index (χ0v) is 23.5. The molecule has 3 aliphatic heterocycles. The lowest BCUT2D eigenvalue weighted by molar-refractivity contribution is -0.572. The molecule has 1 aromatic carbocycles. The Morgan fingerprint density at radius 2 is 1.88 bits per heavy atom. The number of nitrogens with zero attached hydrogens (tertiary/aromatic N) is 5. The average Bonchev–Trinajstić information content (AvgIpc) is 3.29. The standard InChI is InChI=1S/C29H36F2N6O3/c1-17-14-22(27(39)34-32-17)18-10-12-36(13-11-18)24(38)15-19-8-9-20(21-6-5-7-23(30)25(21)31)16-37-26(19)33-35-28(37)29(2,3)40-4/h5-7,14,18-20H,8-13,15-16H2,1-4H3,(H,34,39)/p+1. The number of benzene rings is 1. The van der Waals surface area contributed by atoms with Gasteiger partial charge in [0.2, 0.25) is 5.91 Å². The lowest BCUT2D eigenvalue weighted by Gasteiger charge is -2.33. The highest BCUT2D eigenvalue weighted by atomic mass is 19.2. The number of hydrogen-bond donors (Lipinski definition) is 1. The second-order valence-corrected chi connectivity index (χ2v) is 11.5. The molecule has 0 aliphatic carbocycles. The Morgan fingerprint density at radius 1 is 1.12 bits per heavy atom. The quantitative estimate of drug-likeness (QED) is 0.552. The van der Waals surface area contributed by atoms with Crippen LogP contribution in [0.2, 0.25) is 0 Å². The molecule has 1 saturated heterocycles. The molecule has 2 aromatic rings. The van der Waals surface area contributed by atoms with Crippen molar-refractivity contribution in [1.29, 1.82) is 0 Å². The molecule has 0 spiro atoms. The molecule has 2 N–H and O–H groups in total. The molecular formula is C29H37F2N6O3+. The number of allylic oxidation sites excluding steroid dienone is 1. The highest BCUT2D eigenvalue weighted by Gasteiger charge is 2.37. The van der Waals surface area contributed by atoms with Gasteiger partial charge in [0.25, 0.3) is 0 Å². The average molecular weight is 556 g/mol. The molecule has 0 radical (unpaired) electrons. The molecular weight excluding hydrogens is 518 g/mol. The fourth-order valence-corrected chi connectivity index (χ4v) is 6.13. The number of primary amides is 1. The Balaban J connectivity index is 1.34. The van der Waals surface area contributed by atoms with Crippen LogP contribution in [-0.2, 0) is 26.5 Å². The third-order valence-corrected chi connectivity index (χ3v) is 8.62. The summed E-state index contributed by atoms with van der Waals surface area (Å²) in [7, 11) is 1.59. The monoisotopic (exact) mass is 555 g/mol. The van der Waals surface area contributed by atoms with Crippen LogP contribution >= 0.6 is 0 Å². The molecule has 5 rings (SSSR count). The summed E-state index contributed by atoms with van der Waals surface area (Å²) in [6, 6.07) is 4.28. The van der Waals surface area contributed by atoms with Crippen molar-refractivity contribution in [3.05, 3.63) is 58.7 Å². The Hall–Kier alpha value is -3.31. The fraction of sp³-hybridized carbons (Fsp3) is 0.552. The molecule has 1 fully saturated rings. The van der Waals surface area contributed by atoms with E-state index in [4.69, 9.17) is 4.74 Å². The number of aromatic nitrogens is 3. The lowest BCUT2D eigenvalue weighted by Crippen LogP contribution is -2.84. The number of amides is 2. The summed E-state index contributed by atoms with van der Waals surface area (Å²) >= 11 is 0. The van der Waals surface area contributed by atoms with Crippen LogP contribution in [-0.4, -0.2) is 57.4 Å². The van der Waals surface area contributed by atoms with Gasteiger partial charge < -0.3 is 14.2 Å². The van der Waals surface area contributed by atoms with E-state index >= 15 is 0 Å². The number of quaternary nitrogens is 1. The molecule has 214 valence electrons. The number of hydrogen-bond acceptors (Lipinski definition) is 6. The first-order valence-corrected chi connectivity index (χ1v) is 13.9. The first-order valence-electron chi connectivity index (χ1n) is 13.9. The second kappa shape index (κ2) is 11.3. The van der Waals surface area contributed by atoms with Crippen LogP contribution in [0.4, 0.5) is 8.78 Å². The minimum atomic E-state index is -0.871. The van der Waals surface area contributed by atoms with Gasteiger partial charge in [0.1, 0.15) is 11.4 Å². The Labute approximate surface area is 232 Å². The molecule has 2 unspecified atom stereocenters. The maximum atomic E-state index is 14.8. The number of carbonyl (C=O) groups excluding carboxylic acids is 2. The molecule has 9 nitrogen and oxygen atoms in total. The van der Waals surface area contributed by atoms with Crippen LogP contribution in [0, 0.1) is 17.6 Å². The molecule has 1 aromatic heterocycles. The maximum Gasteiger partial charge on any atom is 0.364 e. The van der Waals surface area contributed by atoms with Crippen LogP contribution in [0.1, 0.15) is 81.9 Å². The molecule has 40 heavy (non-hydrogen) atoms. The van der Waals surface area contributed by atoms with Crippen molar-refractivity contribution >= 4 is 17.5 Å². The van der Waals surface area contributed by atoms with Crippen LogP contribution in [0.15, 0.2) is 34.9 Å². The van der Waals surface area contributed by atoms with Crippen molar-refractivity contribution in [2.24, 2.45) is 11.0 Å². The van der Waals surface area contributed by atoms with E-state index in [1.54, 1.807) is 13.2 Å². The minimum Gasteiger partial charge on any atom is -0.371 e. The summed E-state index contributed by atoms with van der Waals surface area (Å²) in [4.78, 5) is 27.7. The topological polar surface area (TPSA) is 106 Å². The first-order chi connectivity index (χ1) is 19.1. The number of piperidine rings is 1. The van der Waals surface area contributed by atoms with Crippen LogP contribution in [0.25, 0.3) is 0 Å². The largest absolute Gasteiger partial charge is 0.371 e. The molecule has 4 heterocycles. The number of methoxy groups -OCH3 is 1. The van der Waals surface area contributed by atoms with Gasteiger partial charge in [0.15, 0.2) is 17.5 Å². The summed E-state index contributed by atoms with van der Waals surface area (Å²) in [5.74, 6) is -0.892. The smallest absolute Gasteiger partial charge is 0.364 e. The summed E-state index contributed by atoms with van der Waals surface area (Å²) in [6.45, 7) is 7.15. The van der Waals surface area contributed by atoms with Crippen LogP contribution in [0.3, 0.4) is 0 Å². The Bertz CT molecular complexity index is 1360. The van der Waals surface area contributed by atoms with Gasteiger partial charge in [0, 0.05) is 45.0 Å². The van der Waals surface area contributed by atoms with Gasteiger partial charge in [-0.3, -0.25) is 4.79 Å². The SMILES string of the molecule is COC(C)(C)c1nnc2n1CC(c1cccc(F)c1F)CCC2CC(=O)N1CCC(C2=CC(C)=N[NH2+]C2=O)CC1. The zero-order chi connectivity index (χ0) is 28.6. The van der Waals surface area contributed by atoms with Gasteiger partial charge >= 0.3 is 5.91 Å². The number of ether oxygens (including phenoxy) is 1. The van der Waals surface area contributed by atoms with Crippen molar-refractivity contribution < 1.29 is 28.5 Å². The van der Waals surface area contributed by atoms with Gasteiger partial charge in [-0.2, -0.15) is 5.43 Å².